The van der Waals surface area contributed by atoms with E-state index in [1.54, 1.807) is 13.0 Å². The molecular weight excluding hydrogens is 182 g/mol. The molecule has 0 bridgehead atoms. The molecule has 14 heavy (non-hydrogen) atoms. The molecule has 4 heteroatoms. The van der Waals surface area contributed by atoms with Gasteiger partial charge in [0.2, 0.25) is 5.88 Å². The molecule has 0 saturated heterocycles. The van der Waals surface area contributed by atoms with E-state index in [0.717, 1.165) is 12.1 Å². The quantitative estimate of drug-likeness (QED) is 0.795. The molecule has 1 aromatic heterocycles. The van der Waals surface area contributed by atoms with Gasteiger partial charge in [-0.1, -0.05) is 6.92 Å². The summed E-state index contributed by atoms with van der Waals surface area (Å²) in [7, 11) is 0. The van der Waals surface area contributed by atoms with Crippen molar-refractivity contribution in [1.29, 1.82) is 0 Å². The Bertz CT molecular complexity index is 336. The molecule has 76 valence electrons. The van der Waals surface area contributed by atoms with E-state index in [9.17, 15) is 4.79 Å². The molecule has 1 N–H and O–H groups in total. The van der Waals surface area contributed by atoms with Crippen LogP contribution in [0.1, 0.15) is 29.9 Å². The molecule has 1 heterocycles. The van der Waals surface area contributed by atoms with Crippen molar-refractivity contribution in [1.82, 2.24) is 4.98 Å². The zero-order valence-corrected chi connectivity index (χ0v) is 8.28. The van der Waals surface area contributed by atoms with Gasteiger partial charge in [-0.25, -0.2) is 9.78 Å². The largest absolute Gasteiger partial charge is 0.477 e. The fourth-order valence-electron chi connectivity index (χ4n) is 1.09. The molecule has 0 amide bonds. The fraction of sp³-hybridized carbons (Fsp3) is 0.400. The Kier molecular flexibility index (Phi) is 3.45. The molecule has 0 saturated carbocycles. The van der Waals surface area contributed by atoms with Gasteiger partial charge in [0, 0.05) is 5.69 Å². The summed E-state index contributed by atoms with van der Waals surface area (Å²) < 4.78 is 5.15. The number of hydrogen-bond acceptors (Lipinski definition) is 3. The van der Waals surface area contributed by atoms with E-state index in [-0.39, 0.29) is 11.4 Å². The predicted molar refractivity (Wildman–Crippen MR) is 51.7 cm³/mol. The summed E-state index contributed by atoms with van der Waals surface area (Å²) >= 11 is 0. The van der Waals surface area contributed by atoms with Gasteiger partial charge in [0.25, 0.3) is 0 Å². The minimum atomic E-state index is -1.01. The Labute approximate surface area is 82.5 Å². The lowest BCUT2D eigenvalue weighted by Gasteiger charge is -2.06. The number of aryl methyl sites for hydroxylation is 1. The number of aromatic carboxylic acids is 1. The van der Waals surface area contributed by atoms with Crippen molar-refractivity contribution in [2.45, 2.75) is 20.3 Å². The van der Waals surface area contributed by atoms with Gasteiger partial charge in [0.05, 0.1) is 6.61 Å². The Morgan fingerprint density at radius 3 is 2.71 bits per heavy atom. The maximum Gasteiger partial charge on any atom is 0.341 e. The molecule has 0 fully saturated rings. The number of carboxylic acid groups (broad SMARTS) is 1. The van der Waals surface area contributed by atoms with Gasteiger partial charge in [-0.05, 0) is 25.5 Å². The van der Waals surface area contributed by atoms with Crippen LogP contribution >= 0.6 is 0 Å². The molecule has 4 nitrogen and oxygen atoms in total. The van der Waals surface area contributed by atoms with E-state index in [2.05, 4.69) is 4.98 Å². The Balaban J connectivity index is 3.10. The number of hydrogen-bond donors (Lipinski definition) is 1. The number of ether oxygens (including phenoxy) is 1. The second kappa shape index (κ2) is 4.60. The normalized spacial score (nSPS) is 9.86. The standard InChI is InChI=1S/C10H13NO3/c1-3-7-5-6-8(10(12)13)9(11-7)14-4-2/h5-6H,3-4H2,1-2H3,(H,12,13). The highest BCUT2D eigenvalue weighted by atomic mass is 16.5. The number of carbonyl (C=O) groups is 1. The fourth-order valence-corrected chi connectivity index (χ4v) is 1.09. The first kappa shape index (κ1) is 10.5. The molecular formula is C10H13NO3. The van der Waals surface area contributed by atoms with E-state index >= 15 is 0 Å². The molecule has 0 atom stereocenters. The number of rotatable bonds is 4. The highest BCUT2D eigenvalue weighted by Crippen LogP contribution is 2.16. The second-order valence-corrected chi connectivity index (χ2v) is 2.75. The van der Waals surface area contributed by atoms with Crippen molar-refractivity contribution < 1.29 is 14.6 Å². The van der Waals surface area contributed by atoms with Crippen molar-refractivity contribution in [2.24, 2.45) is 0 Å². The van der Waals surface area contributed by atoms with Gasteiger partial charge in [-0.15, -0.1) is 0 Å². The van der Waals surface area contributed by atoms with Crippen LogP contribution < -0.4 is 4.74 Å². The van der Waals surface area contributed by atoms with Crippen molar-refractivity contribution >= 4 is 5.97 Å². The van der Waals surface area contributed by atoms with E-state index in [1.165, 1.54) is 6.07 Å². The molecule has 0 radical (unpaired) electrons. The third kappa shape index (κ3) is 2.22. The topological polar surface area (TPSA) is 59.4 Å². The first-order valence-corrected chi connectivity index (χ1v) is 4.55. The summed E-state index contributed by atoms with van der Waals surface area (Å²) in [6.07, 6.45) is 0.764. The number of aromatic nitrogens is 1. The SMILES string of the molecule is CCOc1nc(CC)ccc1C(=O)O. The maximum atomic E-state index is 10.8. The third-order valence-corrected chi connectivity index (χ3v) is 1.79. The molecule has 0 aromatic carbocycles. The van der Waals surface area contributed by atoms with E-state index < -0.39 is 5.97 Å². The Hall–Kier alpha value is -1.58. The zero-order chi connectivity index (χ0) is 10.6. The number of nitrogens with zero attached hydrogens (tertiary/aromatic N) is 1. The monoisotopic (exact) mass is 195 g/mol. The lowest BCUT2D eigenvalue weighted by molar-refractivity contribution is 0.0691. The summed E-state index contributed by atoms with van der Waals surface area (Å²) in [6.45, 7) is 4.17. The first-order chi connectivity index (χ1) is 6.69. The van der Waals surface area contributed by atoms with Gasteiger partial charge < -0.3 is 9.84 Å². The van der Waals surface area contributed by atoms with E-state index in [4.69, 9.17) is 9.84 Å². The predicted octanol–water partition coefficient (Wildman–Crippen LogP) is 1.74. The lowest BCUT2D eigenvalue weighted by Crippen LogP contribution is -2.06. The molecule has 0 spiro atoms. The maximum absolute atomic E-state index is 10.8. The molecule has 1 aromatic rings. The van der Waals surface area contributed by atoms with Gasteiger partial charge in [-0.3, -0.25) is 0 Å². The molecule has 0 aliphatic rings. The van der Waals surface area contributed by atoms with Crippen molar-refractivity contribution in [2.75, 3.05) is 6.61 Å². The smallest absolute Gasteiger partial charge is 0.341 e. The van der Waals surface area contributed by atoms with Crippen LogP contribution in [0.15, 0.2) is 12.1 Å². The number of pyridine rings is 1. The van der Waals surface area contributed by atoms with Crippen LogP contribution in [-0.4, -0.2) is 22.7 Å². The minimum absolute atomic E-state index is 0.115. The van der Waals surface area contributed by atoms with Crippen molar-refractivity contribution in [3.8, 4) is 5.88 Å². The second-order valence-electron chi connectivity index (χ2n) is 2.75. The van der Waals surface area contributed by atoms with Gasteiger partial charge >= 0.3 is 5.97 Å². The summed E-state index contributed by atoms with van der Waals surface area (Å²) in [5, 5.41) is 8.84. The van der Waals surface area contributed by atoms with Crippen LogP contribution in [-0.2, 0) is 6.42 Å². The minimum Gasteiger partial charge on any atom is -0.477 e. The van der Waals surface area contributed by atoms with Crippen LogP contribution in [0.25, 0.3) is 0 Å². The highest BCUT2D eigenvalue weighted by molar-refractivity contribution is 5.90. The van der Waals surface area contributed by atoms with Crippen molar-refractivity contribution in [3.05, 3.63) is 23.4 Å². The summed E-state index contributed by atoms with van der Waals surface area (Å²) in [5.74, 6) is -0.803. The Morgan fingerprint density at radius 2 is 2.21 bits per heavy atom. The zero-order valence-electron chi connectivity index (χ0n) is 8.28. The number of carboxylic acids is 1. The van der Waals surface area contributed by atoms with Crippen LogP contribution in [0, 0.1) is 0 Å². The van der Waals surface area contributed by atoms with Gasteiger partial charge in [0.1, 0.15) is 5.56 Å². The average Bonchev–Trinajstić information content (AvgIpc) is 2.17. The molecule has 1 rings (SSSR count). The summed E-state index contributed by atoms with van der Waals surface area (Å²) in [6, 6.07) is 3.23. The van der Waals surface area contributed by atoms with Crippen LogP contribution in [0.5, 0.6) is 5.88 Å². The van der Waals surface area contributed by atoms with Gasteiger partial charge in [-0.2, -0.15) is 0 Å². The Morgan fingerprint density at radius 1 is 1.50 bits per heavy atom. The van der Waals surface area contributed by atoms with Crippen molar-refractivity contribution in [3.63, 3.8) is 0 Å². The van der Waals surface area contributed by atoms with Gasteiger partial charge in [0.15, 0.2) is 0 Å². The molecule has 0 aliphatic heterocycles. The van der Waals surface area contributed by atoms with Crippen LogP contribution in [0.4, 0.5) is 0 Å². The molecule has 0 unspecified atom stereocenters. The summed E-state index contributed by atoms with van der Waals surface area (Å²) in [4.78, 5) is 14.9. The van der Waals surface area contributed by atoms with Crippen LogP contribution in [0.3, 0.4) is 0 Å². The van der Waals surface area contributed by atoms with E-state index in [1.807, 2.05) is 6.92 Å². The average molecular weight is 195 g/mol. The van der Waals surface area contributed by atoms with E-state index in [0.29, 0.717) is 6.61 Å². The third-order valence-electron chi connectivity index (χ3n) is 1.79. The lowest BCUT2D eigenvalue weighted by atomic mass is 10.2. The summed E-state index contributed by atoms with van der Waals surface area (Å²) in [5.41, 5.74) is 0.947. The van der Waals surface area contributed by atoms with Crippen LogP contribution in [0.2, 0.25) is 0 Å². The first-order valence-electron chi connectivity index (χ1n) is 4.55. The highest BCUT2D eigenvalue weighted by Gasteiger charge is 2.12. The molecule has 0 aliphatic carbocycles.